The molecule has 5 nitrogen and oxygen atoms in total. The van der Waals surface area contributed by atoms with Gasteiger partial charge in [0.05, 0.1) is 5.92 Å². The molecule has 1 fully saturated rings. The van der Waals surface area contributed by atoms with Gasteiger partial charge in [0, 0.05) is 25.3 Å². The van der Waals surface area contributed by atoms with E-state index in [1.807, 2.05) is 0 Å². The molecule has 1 aliphatic rings. The smallest absolute Gasteiger partial charge is 0.321 e. The predicted molar refractivity (Wildman–Crippen MR) is 92.2 cm³/mol. The van der Waals surface area contributed by atoms with Gasteiger partial charge in [0.2, 0.25) is 5.91 Å². The quantitative estimate of drug-likeness (QED) is 0.868. The van der Waals surface area contributed by atoms with E-state index in [4.69, 9.17) is 0 Å². The highest BCUT2D eigenvalue weighted by Crippen LogP contribution is 2.18. The largest absolute Gasteiger partial charge is 0.356 e. The zero-order valence-electron chi connectivity index (χ0n) is 14.3. The van der Waals surface area contributed by atoms with Gasteiger partial charge in [-0.05, 0) is 49.4 Å². The van der Waals surface area contributed by atoms with Gasteiger partial charge in [-0.25, -0.2) is 9.18 Å². The van der Waals surface area contributed by atoms with E-state index in [2.05, 4.69) is 24.5 Å². The molecule has 0 aliphatic carbocycles. The van der Waals surface area contributed by atoms with Crippen molar-refractivity contribution in [1.29, 1.82) is 0 Å². The highest BCUT2D eigenvalue weighted by atomic mass is 19.1. The lowest BCUT2D eigenvalue weighted by Gasteiger charge is -2.32. The maximum atomic E-state index is 12.9. The summed E-state index contributed by atoms with van der Waals surface area (Å²) in [6.07, 6.45) is 2.56. The van der Waals surface area contributed by atoms with Crippen LogP contribution in [0.25, 0.3) is 0 Å². The lowest BCUT2D eigenvalue weighted by Crippen LogP contribution is -2.47. The summed E-state index contributed by atoms with van der Waals surface area (Å²) < 4.78 is 12.9. The Morgan fingerprint density at radius 1 is 1.29 bits per heavy atom. The van der Waals surface area contributed by atoms with Gasteiger partial charge >= 0.3 is 6.03 Å². The number of nitrogens with one attached hydrogen (secondary N) is 2. The third kappa shape index (κ3) is 5.51. The third-order valence-corrected chi connectivity index (χ3v) is 4.20. The number of halogens is 1. The molecule has 1 aromatic carbocycles. The molecule has 1 aliphatic heterocycles. The number of nitrogens with zero attached hydrogens (tertiary/aromatic N) is 1. The molecule has 0 bridgehead atoms. The van der Waals surface area contributed by atoms with Crippen LogP contribution in [0.2, 0.25) is 0 Å². The molecule has 24 heavy (non-hydrogen) atoms. The Labute approximate surface area is 142 Å². The SMILES string of the molecule is CC(C)CCNC(=O)C1CCCN(C(=O)Nc2ccc(F)cc2)C1. The first kappa shape index (κ1) is 18.2. The standard InChI is InChI=1S/C18H26FN3O2/c1-13(2)9-10-20-17(23)14-4-3-11-22(12-14)18(24)21-16-7-5-15(19)6-8-16/h5-8,13-14H,3-4,9-12H2,1-2H3,(H,20,23)(H,21,24). The first-order valence-corrected chi connectivity index (χ1v) is 8.55. The first-order chi connectivity index (χ1) is 11.5. The second kappa shape index (κ2) is 8.66. The van der Waals surface area contributed by atoms with Gasteiger partial charge in [0.15, 0.2) is 0 Å². The Kier molecular flexibility index (Phi) is 6.58. The number of rotatable bonds is 5. The molecule has 3 amide bonds. The molecule has 1 saturated heterocycles. The molecule has 0 spiro atoms. The van der Waals surface area contributed by atoms with Crippen LogP contribution in [0.15, 0.2) is 24.3 Å². The number of hydrogen-bond donors (Lipinski definition) is 2. The molecule has 6 heteroatoms. The Morgan fingerprint density at radius 3 is 2.67 bits per heavy atom. The van der Waals surface area contributed by atoms with E-state index in [9.17, 15) is 14.0 Å². The molecule has 0 aromatic heterocycles. The molecule has 132 valence electrons. The van der Waals surface area contributed by atoms with Crippen LogP contribution in [-0.4, -0.2) is 36.5 Å². The van der Waals surface area contributed by atoms with Gasteiger partial charge < -0.3 is 15.5 Å². The lowest BCUT2D eigenvalue weighted by atomic mass is 9.97. The van der Waals surface area contributed by atoms with Crippen LogP contribution in [0.3, 0.4) is 0 Å². The van der Waals surface area contributed by atoms with Gasteiger partial charge in [-0.1, -0.05) is 13.8 Å². The van der Waals surface area contributed by atoms with E-state index < -0.39 is 0 Å². The number of urea groups is 1. The fourth-order valence-corrected chi connectivity index (χ4v) is 2.74. The van der Waals surface area contributed by atoms with Crippen LogP contribution in [0.1, 0.15) is 33.1 Å². The minimum absolute atomic E-state index is 0.0231. The third-order valence-electron chi connectivity index (χ3n) is 4.20. The van der Waals surface area contributed by atoms with Crippen molar-refractivity contribution >= 4 is 17.6 Å². The van der Waals surface area contributed by atoms with Crippen molar-refractivity contribution in [3.05, 3.63) is 30.1 Å². The number of piperidine rings is 1. The number of hydrogen-bond acceptors (Lipinski definition) is 2. The fourth-order valence-electron chi connectivity index (χ4n) is 2.74. The van der Waals surface area contributed by atoms with E-state index in [0.717, 1.165) is 19.3 Å². The van der Waals surface area contributed by atoms with Crippen molar-refractivity contribution in [3.8, 4) is 0 Å². The number of carbonyl (C=O) groups excluding carboxylic acids is 2. The summed E-state index contributed by atoms with van der Waals surface area (Å²) in [7, 11) is 0. The number of amides is 3. The highest BCUT2D eigenvalue weighted by Gasteiger charge is 2.28. The van der Waals surface area contributed by atoms with Crippen LogP contribution in [0.4, 0.5) is 14.9 Å². The number of likely N-dealkylation sites (tertiary alicyclic amines) is 1. The average Bonchev–Trinajstić information content (AvgIpc) is 2.56. The predicted octanol–water partition coefficient (Wildman–Crippen LogP) is 3.23. The zero-order chi connectivity index (χ0) is 17.5. The first-order valence-electron chi connectivity index (χ1n) is 8.55. The second-order valence-electron chi connectivity index (χ2n) is 6.70. The van der Waals surface area contributed by atoms with Gasteiger partial charge in [-0.2, -0.15) is 0 Å². The molecule has 0 saturated carbocycles. The number of anilines is 1. The Balaban J connectivity index is 1.84. The number of carbonyl (C=O) groups is 2. The number of benzene rings is 1. The van der Waals surface area contributed by atoms with Gasteiger partial charge in [0.25, 0.3) is 0 Å². The minimum atomic E-state index is -0.343. The van der Waals surface area contributed by atoms with Crippen molar-refractivity contribution < 1.29 is 14.0 Å². The van der Waals surface area contributed by atoms with Crippen LogP contribution in [0.5, 0.6) is 0 Å². The van der Waals surface area contributed by atoms with Crippen molar-refractivity contribution in [2.75, 3.05) is 25.0 Å². The molecular formula is C18H26FN3O2. The van der Waals surface area contributed by atoms with E-state index in [-0.39, 0.29) is 23.7 Å². The van der Waals surface area contributed by atoms with Gasteiger partial charge in [0.1, 0.15) is 5.82 Å². The summed E-state index contributed by atoms with van der Waals surface area (Å²) in [5, 5.41) is 5.71. The summed E-state index contributed by atoms with van der Waals surface area (Å²) in [5.74, 6) is 0.0681. The van der Waals surface area contributed by atoms with Crippen molar-refractivity contribution in [2.45, 2.75) is 33.1 Å². The maximum Gasteiger partial charge on any atom is 0.321 e. The van der Waals surface area contributed by atoms with Gasteiger partial charge in [-0.15, -0.1) is 0 Å². The molecular weight excluding hydrogens is 309 g/mol. The summed E-state index contributed by atoms with van der Waals surface area (Å²) in [6.45, 7) is 5.96. The van der Waals surface area contributed by atoms with Crippen LogP contribution in [-0.2, 0) is 4.79 Å². The van der Waals surface area contributed by atoms with Crippen LogP contribution < -0.4 is 10.6 Å². The lowest BCUT2D eigenvalue weighted by molar-refractivity contribution is -0.126. The van der Waals surface area contributed by atoms with Crippen molar-refractivity contribution in [2.24, 2.45) is 11.8 Å². The van der Waals surface area contributed by atoms with E-state index >= 15 is 0 Å². The molecule has 1 atom stereocenters. The maximum absolute atomic E-state index is 12.9. The fraction of sp³-hybridized carbons (Fsp3) is 0.556. The van der Waals surface area contributed by atoms with Gasteiger partial charge in [-0.3, -0.25) is 4.79 Å². The molecule has 1 aromatic rings. The van der Waals surface area contributed by atoms with E-state index in [1.165, 1.54) is 24.3 Å². The van der Waals surface area contributed by atoms with Crippen molar-refractivity contribution in [1.82, 2.24) is 10.2 Å². The molecule has 0 radical (unpaired) electrons. The Hall–Kier alpha value is -2.11. The minimum Gasteiger partial charge on any atom is -0.356 e. The zero-order valence-corrected chi connectivity index (χ0v) is 14.3. The highest BCUT2D eigenvalue weighted by molar-refractivity contribution is 5.90. The second-order valence-corrected chi connectivity index (χ2v) is 6.70. The normalized spacial score (nSPS) is 17.7. The van der Waals surface area contributed by atoms with E-state index in [1.54, 1.807) is 4.90 Å². The van der Waals surface area contributed by atoms with Crippen molar-refractivity contribution in [3.63, 3.8) is 0 Å². The molecule has 2 rings (SSSR count). The summed E-state index contributed by atoms with van der Waals surface area (Å²) in [5.41, 5.74) is 0.546. The molecule has 1 heterocycles. The molecule has 1 unspecified atom stereocenters. The Morgan fingerprint density at radius 2 is 2.00 bits per heavy atom. The van der Waals surface area contributed by atoms with E-state index in [0.29, 0.717) is 31.2 Å². The molecule has 2 N–H and O–H groups in total. The average molecular weight is 335 g/mol. The summed E-state index contributed by atoms with van der Waals surface area (Å²) in [6, 6.07) is 5.40. The monoisotopic (exact) mass is 335 g/mol. The van der Waals surface area contributed by atoms with Crippen LogP contribution >= 0.6 is 0 Å². The topological polar surface area (TPSA) is 61.4 Å². The van der Waals surface area contributed by atoms with Crippen LogP contribution in [0, 0.1) is 17.7 Å². The summed E-state index contributed by atoms with van der Waals surface area (Å²) in [4.78, 5) is 26.2. The summed E-state index contributed by atoms with van der Waals surface area (Å²) >= 11 is 0. The Bertz CT molecular complexity index is 560.